The number of amides is 2. The molecular formula is C15H14N2O4S. The molecule has 1 N–H and O–H groups in total. The van der Waals surface area contributed by atoms with E-state index in [1.807, 2.05) is 0 Å². The zero-order valence-electron chi connectivity index (χ0n) is 11.8. The summed E-state index contributed by atoms with van der Waals surface area (Å²) in [5, 5.41) is 0. The largest absolute Gasteiger partial charge is 0.286 e. The number of carbonyl (C=O) groups is 2. The van der Waals surface area contributed by atoms with Gasteiger partial charge in [0.2, 0.25) is 0 Å². The molecular weight excluding hydrogens is 304 g/mol. The van der Waals surface area contributed by atoms with E-state index in [1.54, 1.807) is 36.4 Å². The lowest BCUT2D eigenvalue weighted by atomic mass is 10.2. The van der Waals surface area contributed by atoms with Crippen LogP contribution in [-0.2, 0) is 10.0 Å². The van der Waals surface area contributed by atoms with Gasteiger partial charge in [-0.15, -0.1) is 4.41 Å². The first-order valence-corrected chi connectivity index (χ1v) is 8.20. The van der Waals surface area contributed by atoms with Crippen LogP contribution in [0, 0.1) is 0 Å². The van der Waals surface area contributed by atoms with Crippen LogP contribution in [0.15, 0.2) is 60.7 Å². The Bertz CT molecular complexity index is 774. The predicted octanol–water partition coefficient (Wildman–Crippen LogP) is 1.43. The topological polar surface area (TPSA) is 83.6 Å². The van der Waals surface area contributed by atoms with Crippen molar-refractivity contribution in [2.45, 2.75) is 0 Å². The third-order valence-corrected chi connectivity index (χ3v) is 3.70. The first-order valence-electron chi connectivity index (χ1n) is 6.35. The summed E-state index contributed by atoms with van der Waals surface area (Å²) >= 11 is 0. The molecule has 0 aliphatic carbocycles. The summed E-state index contributed by atoms with van der Waals surface area (Å²) in [5.74, 6) is -1.51. The Morgan fingerprint density at radius 2 is 1.32 bits per heavy atom. The van der Waals surface area contributed by atoms with Gasteiger partial charge < -0.3 is 0 Å². The molecule has 0 radical (unpaired) electrons. The van der Waals surface area contributed by atoms with E-state index in [1.165, 1.54) is 24.3 Å². The second-order valence-electron chi connectivity index (χ2n) is 4.51. The quantitative estimate of drug-likeness (QED) is 0.868. The van der Waals surface area contributed by atoms with Crippen LogP contribution in [0.3, 0.4) is 0 Å². The Morgan fingerprint density at radius 1 is 0.864 bits per heavy atom. The van der Waals surface area contributed by atoms with Gasteiger partial charge in [-0.1, -0.05) is 36.4 Å². The Hall–Kier alpha value is -2.67. The maximum Gasteiger partial charge on any atom is 0.286 e. The number of nitrogens with zero attached hydrogens (tertiary/aromatic N) is 1. The summed E-state index contributed by atoms with van der Waals surface area (Å²) in [6.07, 6.45) is 0.846. The number of hydrazine groups is 1. The molecule has 2 aromatic rings. The Morgan fingerprint density at radius 3 is 1.77 bits per heavy atom. The average molecular weight is 318 g/mol. The molecule has 0 saturated heterocycles. The molecule has 0 aliphatic rings. The van der Waals surface area contributed by atoms with Gasteiger partial charge in [0.05, 0.1) is 6.26 Å². The standard InChI is InChI=1S/C15H14N2O4S/c1-22(20,21)17(15(19)13-10-6-3-7-11-13)16-14(18)12-8-4-2-5-9-12/h2-11H,1H3,(H,16,18). The van der Waals surface area contributed by atoms with Crippen molar-refractivity contribution < 1.29 is 18.0 Å². The smallest absolute Gasteiger partial charge is 0.267 e. The molecule has 0 atom stereocenters. The highest BCUT2D eigenvalue weighted by atomic mass is 32.2. The third-order valence-electron chi connectivity index (χ3n) is 2.78. The molecule has 0 fully saturated rings. The van der Waals surface area contributed by atoms with E-state index >= 15 is 0 Å². The number of benzene rings is 2. The highest BCUT2D eigenvalue weighted by Gasteiger charge is 2.27. The Balaban J connectivity index is 2.29. The number of rotatable bonds is 3. The summed E-state index contributed by atoms with van der Waals surface area (Å²) in [6, 6.07) is 15.9. The van der Waals surface area contributed by atoms with E-state index in [9.17, 15) is 18.0 Å². The van der Waals surface area contributed by atoms with E-state index in [4.69, 9.17) is 0 Å². The Kier molecular flexibility index (Phi) is 4.57. The summed E-state index contributed by atoms with van der Waals surface area (Å²) in [6.45, 7) is 0. The van der Waals surface area contributed by atoms with Crippen LogP contribution in [0.2, 0.25) is 0 Å². The minimum Gasteiger partial charge on any atom is -0.267 e. The van der Waals surface area contributed by atoms with Crippen LogP contribution in [0.4, 0.5) is 0 Å². The molecule has 0 aliphatic heterocycles. The molecule has 0 unspecified atom stereocenters. The van der Waals surface area contributed by atoms with Crippen molar-refractivity contribution in [1.82, 2.24) is 9.84 Å². The Labute approximate surface area is 128 Å². The van der Waals surface area contributed by atoms with Crippen LogP contribution in [0.1, 0.15) is 20.7 Å². The van der Waals surface area contributed by atoms with Crippen molar-refractivity contribution in [2.24, 2.45) is 0 Å². The van der Waals surface area contributed by atoms with Gasteiger partial charge in [0.1, 0.15) is 0 Å². The van der Waals surface area contributed by atoms with Crippen LogP contribution in [-0.4, -0.2) is 30.9 Å². The molecule has 0 heterocycles. The van der Waals surface area contributed by atoms with E-state index in [0.29, 0.717) is 4.41 Å². The average Bonchev–Trinajstić information content (AvgIpc) is 2.52. The van der Waals surface area contributed by atoms with Crippen molar-refractivity contribution in [1.29, 1.82) is 0 Å². The van der Waals surface area contributed by atoms with Crippen LogP contribution >= 0.6 is 0 Å². The van der Waals surface area contributed by atoms with Gasteiger partial charge in [0.25, 0.3) is 21.8 Å². The van der Waals surface area contributed by atoms with Gasteiger partial charge in [0.15, 0.2) is 0 Å². The number of hydrogen-bond donors (Lipinski definition) is 1. The molecule has 0 bridgehead atoms. The molecule has 0 spiro atoms. The number of nitrogens with one attached hydrogen (secondary N) is 1. The van der Waals surface area contributed by atoms with Crippen molar-refractivity contribution in [3.8, 4) is 0 Å². The van der Waals surface area contributed by atoms with Gasteiger partial charge in [0, 0.05) is 11.1 Å². The molecule has 22 heavy (non-hydrogen) atoms. The first-order chi connectivity index (χ1) is 10.4. The van der Waals surface area contributed by atoms with E-state index < -0.39 is 21.8 Å². The lowest BCUT2D eigenvalue weighted by molar-refractivity contribution is 0.0725. The number of hydrogen-bond acceptors (Lipinski definition) is 4. The molecule has 114 valence electrons. The lowest BCUT2D eigenvalue weighted by Gasteiger charge is -2.20. The molecule has 2 amide bonds. The zero-order valence-corrected chi connectivity index (χ0v) is 12.6. The van der Waals surface area contributed by atoms with Crippen LogP contribution in [0.5, 0.6) is 0 Å². The van der Waals surface area contributed by atoms with Gasteiger partial charge in [-0.05, 0) is 24.3 Å². The van der Waals surface area contributed by atoms with Crippen LogP contribution < -0.4 is 5.43 Å². The molecule has 7 heteroatoms. The maximum atomic E-state index is 12.3. The van der Waals surface area contributed by atoms with Crippen molar-refractivity contribution >= 4 is 21.8 Å². The minimum atomic E-state index is -3.96. The lowest BCUT2D eigenvalue weighted by Crippen LogP contribution is -2.49. The number of sulfonamides is 1. The second kappa shape index (κ2) is 6.40. The highest BCUT2D eigenvalue weighted by molar-refractivity contribution is 7.88. The molecule has 0 aromatic heterocycles. The fourth-order valence-electron chi connectivity index (χ4n) is 1.73. The third kappa shape index (κ3) is 3.70. The van der Waals surface area contributed by atoms with Crippen LogP contribution in [0.25, 0.3) is 0 Å². The van der Waals surface area contributed by atoms with Gasteiger partial charge >= 0.3 is 0 Å². The van der Waals surface area contributed by atoms with Gasteiger partial charge in [-0.3, -0.25) is 9.59 Å². The summed E-state index contributed by atoms with van der Waals surface area (Å²) in [5.41, 5.74) is 2.53. The fourth-order valence-corrected chi connectivity index (χ4v) is 2.38. The zero-order chi connectivity index (χ0) is 16.2. The van der Waals surface area contributed by atoms with Crippen molar-refractivity contribution in [3.05, 3.63) is 71.8 Å². The molecule has 2 rings (SSSR count). The maximum absolute atomic E-state index is 12.3. The van der Waals surface area contributed by atoms with E-state index in [0.717, 1.165) is 6.26 Å². The normalized spacial score (nSPS) is 10.8. The van der Waals surface area contributed by atoms with Crippen molar-refractivity contribution in [2.75, 3.05) is 6.26 Å². The van der Waals surface area contributed by atoms with Gasteiger partial charge in [-0.2, -0.15) is 0 Å². The van der Waals surface area contributed by atoms with Gasteiger partial charge in [-0.25, -0.2) is 13.8 Å². The molecule has 2 aromatic carbocycles. The molecule has 6 nitrogen and oxygen atoms in total. The van der Waals surface area contributed by atoms with E-state index in [-0.39, 0.29) is 11.1 Å². The first kappa shape index (κ1) is 15.7. The highest BCUT2D eigenvalue weighted by Crippen LogP contribution is 2.07. The SMILES string of the molecule is CS(=O)(=O)N(NC(=O)c1ccccc1)C(=O)c1ccccc1. The minimum absolute atomic E-state index is 0.154. The fraction of sp³-hybridized carbons (Fsp3) is 0.0667. The number of carbonyl (C=O) groups excluding carboxylic acids is 2. The van der Waals surface area contributed by atoms with E-state index in [2.05, 4.69) is 5.43 Å². The summed E-state index contributed by atoms with van der Waals surface area (Å²) in [4.78, 5) is 24.4. The summed E-state index contributed by atoms with van der Waals surface area (Å²) < 4.78 is 24.0. The second-order valence-corrected chi connectivity index (χ2v) is 6.34. The predicted molar refractivity (Wildman–Crippen MR) is 81.4 cm³/mol. The molecule has 0 saturated carbocycles. The monoisotopic (exact) mass is 318 g/mol. The van der Waals surface area contributed by atoms with Crippen molar-refractivity contribution in [3.63, 3.8) is 0 Å². The summed E-state index contributed by atoms with van der Waals surface area (Å²) in [7, 11) is -3.96.